The average Bonchev–Trinajstić information content (AvgIpc) is 3.47. The lowest BCUT2D eigenvalue weighted by Gasteiger charge is -2.18. The molecule has 0 aromatic rings. The minimum atomic E-state index is -0.790. The maximum Gasteiger partial charge on any atom is 0.306 e. The van der Waals surface area contributed by atoms with Crippen molar-refractivity contribution in [2.24, 2.45) is 0 Å². The second kappa shape index (κ2) is 68.8. The normalized spacial score (nSPS) is 12.7. The summed E-state index contributed by atoms with van der Waals surface area (Å²) in [7, 11) is 0. The summed E-state index contributed by atoms with van der Waals surface area (Å²) in [6.07, 6.45) is 92.8. The Morgan fingerprint density at radius 1 is 0.259 bits per heavy atom. The van der Waals surface area contributed by atoms with Gasteiger partial charge in [0.15, 0.2) is 6.10 Å². The van der Waals surface area contributed by atoms with Gasteiger partial charge in [0.1, 0.15) is 13.2 Å². The summed E-state index contributed by atoms with van der Waals surface area (Å²) < 4.78 is 17.0. The third kappa shape index (κ3) is 67.0. The summed E-state index contributed by atoms with van der Waals surface area (Å²) in [5, 5.41) is 0. The first-order chi connectivity index (χ1) is 40.0. The molecule has 466 valence electrons. The van der Waals surface area contributed by atoms with Crippen molar-refractivity contribution in [3.05, 3.63) is 97.2 Å². The Bertz CT molecular complexity index is 1580. The standard InChI is InChI=1S/C75H130O6/c1-4-7-10-13-16-19-22-25-28-30-32-34-36-37-38-39-40-42-43-45-47-50-53-56-59-62-65-68-74(77)80-71-72(70-79-73(76)67-64-61-58-55-52-49-27-24-21-18-15-12-9-6-3)81-75(78)69-66-63-60-57-54-51-48-46-44-41-35-33-31-29-26-23-20-17-14-11-8-5-2/h7,10,16,19,24-25,27-28,32,34,37-38,40,42,45,47,72H,4-6,8-9,11-15,17-18,20-23,26,29-31,33,35-36,39,41,43-44,46,48-71H2,1-3H3/b10-7-,19-16-,27-24-,28-25-,34-32-,38-37-,42-40-,47-45-. The minimum absolute atomic E-state index is 0.0853. The maximum absolute atomic E-state index is 13.0. The van der Waals surface area contributed by atoms with E-state index in [9.17, 15) is 14.4 Å². The predicted molar refractivity (Wildman–Crippen MR) is 353 cm³/mol. The van der Waals surface area contributed by atoms with Gasteiger partial charge in [0, 0.05) is 19.3 Å². The van der Waals surface area contributed by atoms with Gasteiger partial charge in [-0.1, -0.05) is 317 Å². The molecule has 0 saturated carbocycles. The molecule has 0 amide bonds. The summed E-state index contributed by atoms with van der Waals surface area (Å²) in [5.41, 5.74) is 0. The number of carbonyl (C=O) groups is 3. The molecule has 0 saturated heterocycles. The van der Waals surface area contributed by atoms with E-state index in [4.69, 9.17) is 14.2 Å². The molecule has 0 N–H and O–H groups in total. The van der Waals surface area contributed by atoms with Crippen LogP contribution in [0.25, 0.3) is 0 Å². The van der Waals surface area contributed by atoms with Crippen molar-refractivity contribution in [3.8, 4) is 0 Å². The molecule has 0 aromatic heterocycles. The van der Waals surface area contributed by atoms with Gasteiger partial charge < -0.3 is 14.2 Å². The molecule has 0 bridgehead atoms. The first kappa shape index (κ1) is 77.3. The zero-order chi connectivity index (χ0) is 58.5. The van der Waals surface area contributed by atoms with E-state index in [1.165, 1.54) is 173 Å². The number of allylic oxidation sites excluding steroid dienone is 16. The SMILES string of the molecule is CC/C=C\C/C=C\C/C=C\C/C=C\C/C=C\C/C=C\C/C=C\CCCCCCCC(=O)OCC(COC(=O)CCCCCCC/C=C\CCCCCCC)OC(=O)CCCCCCCCCCCCCCCCCCCCCCCC. The Morgan fingerprint density at radius 2 is 0.481 bits per heavy atom. The lowest BCUT2D eigenvalue weighted by Crippen LogP contribution is -2.30. The second-order valence-electron chi connectivity index (χ2n) is 23.1. The molecule has 0 heterocycles. The van der Waals surface area contributed by atoms with Crippen LogP contribution in [0, 0.1) is 0 Å². The van der Waals surface area contributed by atoms with Crippen LogP contribution in [0.2, 0.25) is 0 Å². The topological polar surface area (TPSA) is 78.9 Å². The minimum Gasteiger partial charge on any atom is -0.462 e. The predicted octanol–water partition coefficient (Wildman–Crippen LogP) is 24.0. The molecule has 0 aliphatic carbocycles. The molecule has 0 rings (SSSR count). The molecule has 81 heavy (non-hydrogen) atoms. The van der Waals surface area contributed by atoms with E-state index in [-0.39, 0.29) is 31.1 Å². The lowest BCUT2D eigenvalue weighted by atomic mass is 10.0. The van der Waals surface area contributed by atoms with Crippen molar-refractivity contribution in [3.63, 3.8) is 0 Å². The van der Waals surface area contributed by atoms with Crippen molar-refractivity contribution >= 4 is 17.9 Å². The molecule has 1 unspecified atom stereocenters. The van der Waals surface area contributed by atoms with Crippen LogP contribution >= 0.6 is 0 Å². The quantitative estimate of drug-likeness (QED) is 0.0261. The van der Waals surface area contributed by atoms with E-state index in [0.29, 0.717) is 19.3 Å². The Morgan fingerprint density at radius 3 is 0.765 bits per heavy atom. The van der Waals surface area contributed by atoms with Crippen LogP contribution in [0.3, 0.4) is 0 Å². The highest BCUT2D eigenvalue weighted by atomic mass is 16.6. The number of rotatable bonds is 63. The van der Waals surface area contributed by atoms with Gasteiger partial charge in [0.05, 0.1) is 0 Å². The molecule has 6 nitrogen and oxygen atoms in total. The molecule has 6 heteroatoms. The Hall–Kier alpha value is -3.67. The van der Waals surface area contributed by atoms with Crippen molar-refractivity contribution in [1.29, 1.82) is 0 Å². The lowest BCUT2D eigenvalue weighted by molar-refractivity contribution is -0.167. The van der Waals surface area contributed by atoms with Gasteiger partial charge in [0.25, 0.3) is 0 Å². The van der Waals surface area contributed by atoms with Crippen molar-refractivity contribution in [2.45, 2.75) is 348 Å². The zero-order valence-electron chi connectivity index (χ0n) is 53.5. The van der Waals surface area contributed by atoms with Gasteiger partial charge in [0.2, 0.25) is 0 Å². The van der Waals surface area contributed by atoms with Gasteiger partial charge in [-0.3, -0.25) is 14.4 Å². The van der Waals surface area contributed by atoms with Gasteiger partial charge in [-0.2, -0.15) is 0 Å². The molecule has 0 aliphatic heterocycles. The first-order valence-electron chi connectivity index (χ1n) is 34.7. The van der Waals surface area contributed by atoms with E-state index in [2.05, 4.69) is 118 Å². The molecular weight excluding hydrogens is 997 g/mol. The third-order valence-corrected chi connectivity index (χ3v) is 15.1. The Labute approximate surface area is 502 Å². The average molecular weight is 1130 g/mol. The number of hydrogen-bond acceptors (Lipinski definition) is 6. The van der Waals surface area contributed by atoms with Crippen LogP contribution in [-0.4, -0.2) is 37.2 Å². The highest BCUT2D eigenvalue weighted by molar-refractivity contribution is 5.71. The Balaban J connectivity index is 4.36. The fraction of sp³-hybridized carbons (Fsp3) is 0.747. The molecule has 0 aliphatic rings. The monoisotopic (exact) mass is 1130 g/mol. The van der Waals surface area contributed by atoms with E-state index in [0.717, 1.165) is 128 Å². The number of esters is 3. The molecule has 0 fully saturated rings. The summed E-state index contributed by atoms with van der Waals surface area (Å²) in [6.45, 7) is 6.54. The number of hydrogen-bond donors (Lipinski definition) is 0. The van der Waals surface area contributed by atoms with Crippen LogP contribution in [0.5, 0.6) is 0 Å². The number of unbranched alkanes of at least 4 members (excludes halogenated alkanes) is 36. The highest BCUT2D eigenvalue weighted by Gasteiger charge is 2.19. The summed E-state index contributed by atoms with van der Waals surface area (Å²) in [5.74, 6) is -0.896. The largest absolute Gasteiger partial charge is 0.462 e. The van der Waals surface area contributed by atoms with Crippen LogP contribution in [0.1, 0.15) is 342 Å². The smallest absolute Gasteiger partial charge is 0.306 e. The van der Waals surface area contributed by atoms with Crippen LogP contribution in [0.4, 0.5) is 0 Å². The first-order valence-corrected chi connectivity index (χ1v) is 34.7. The molecular formula is C75H130O6. The maximum atomic E-state index is 13.0. The number of carbonyl (C=O) groups excluding carboxylic acids is 3. The third-order valence-electron chi connectivity index (χ3n) is 15.1. The zero-order valence-corrected chi connectivity index (χ0v) is 53.5. The van der Waals surface area contributed by atoms with Gasteiger partial charge in [-0.25, -0.2) is 0 Å². The van der Waals surface area contributed by atoms with E-state index in [1.807, 2.05) is 0 Å². The van der Waals surface area contributed by atoms with Crippen LogP contribution in [0.15, 0.2) is 97.2 Å². The summed E-state index contributed by atoms with van der Waals surface area (Å²) in [4.78, 5) is 38.4. The van der Waals surface area contributed by atoms with Gasteiger partial charge in [-0.05, 0) is 103 Å². The van der Waals surface area contributed by atoms with Crippen molar-refractivity contribution in [2.75, 3.05) is 13.2 Å². The summed E-state index contributed by atoms with van der Waals surface area (Å²) in [6, 6.07) is 0. The van der Waals surface area contributed by atoms with E-state index >= 15 is 0 Å². The van der Waals surface area contributed by atoms with Crippen LogP contribution in [-0.2, 0) is 28.6 Å². The summed E-state index contributed by atoms with van der Waals surface area (Å²) >= 11 is 0. The fourth-order valence-electron chi connectivity index (χ4n) is 9.89. The molecule has 1 atom stereocenters. The van der Waals surface area contributed by atoms with E-state index < -0.39 is 6.10 Å². The van der Waals surface area contributed by atoms with E-state index in [1.54, 1.807) is 0 Å². The van der Waals surface area contributed by atoms with Gasteiger partial charge in [-0.15, -0.1) is 0 Å². The van der Waals surface area contributed by atoms with Gasteiger partial charge >= 0.3 is 17.9 Å². The second-order valence-corrected chi connectivity index (χ2v) is 23.1. The highest BCUT2D eigenvalue weighted by Crippen LogP contribution is 2.17. The van der Waals surface area contributed by atoms with Crippen molar-refractivity contribution < 1.29 is 28.6 Å². The van der Waals surface area contributed by atoms with Crippen LogP contribution < -0.4 is 0 Å². The number of ether oxygens (including phenoxy) is 3. The molecule has 0 aromatic carbocycles. The molecule has 0 spiro atoms. The fourth-order valence-corrected chi connectivity index (χ4v) is 9.89. The molecule has 0 radical (unpaired) electrons. The van der Waals surface area contributed by atoms with Crippen molar-refractivity contribution in [1.82, 2.24) is 0 Å². The Kier molecular flexibility index (Phi) is 65.7.